The van der Waals surface area contributed by atoms with E-state index in [0.717, 1.165) is 7.85 Å². The highest BCUT2D eigenvalue weighted by atomic mass is 19.3. The third-order valence-corrected chi connectivity index (χ3v) is 0.485. The summed E-state index contributed by atoms with van der Waals surface area (Å²) >= 11 is 0. The molecule has 9 heavy (non-hydrogen) atoms. The van der Waals surface area contributed by atoms with E-state index < -0.39 is 11.6 Å². The van der Waals surface area contributed by atoms with Crippen molar-refractivity contribution in [3.05, 3.63) is 0 Å². The van der Waals surface area contributed by atoms with Gasteiger partial charge in [-0.2, -0.15) is 8.78 Å². The molecule has 0 unspecified atom stereocenters. The van der Waals surface area contributed by atoms with Gasteiger partial charge in [0, 0.05) is 0 Å². The highest BCUT2D eigenvalue weighted by Gasteiger charge is 2.28. The van der Waals surface area contributed by atoms with E-state index in [1.54, 1.807) is 20.8 Å². The normalized spacial score (nSPS) is 13.9. The maximum atomic E-state index is 12.0. The lowest BCUT2D eigenvalue weighted by Crippen LogP contribution is -2.32. The fourth-order valence-corrected chi connectivity index (χ4v) is 0.538. The lowest BCUT2D eigenvalue weighted by Gasteiger charge is -2.24. The van der Waals surface area contributed by atoms with Crippen molar-refractivity contribution in [1.29, 1.82) is 0 Å². The Morgan fingerprint density at radius 3 is 1.56 bits per heavy atom. The van der Waals surface area contributed by atoms with Crippen LogP contribution >= 0.6 is 0 Å². The highest BCUT2D eigenvalue weighted by Crippen LogP contribution is 2.19. The third kappa shape index (κ3) is 7.88. The standard InChI is InChI=1S/C5H11BF2O/c1-4(2,3)9-5(6,7)8/h6H2,1-3H3. The van der Waals surface area contributed by atoms with Crippen LogP contribution in [-0.2, 0) is 4.74 Å². The SMILES string of the molecule is BC(F)(F)OC(C)(C)C. The second-order valence-electron chi connectivity index (χ2n) is 3.02. The van der Waals surface area contributed by atoms with E-state index in [2.05, 4.69) is 4.74 Å². The molecule has 0 saturated heterocycles. The molecule has 0 rings (SSSR count). The first-order valence-electron chi connectivity index (χ1n) is 2.79. The molecule has 4 heteroatoms. The Morgan fingerprint density at radius 2 is 1.56 bits per heavy atom. The van der Waals surface area contributed by atoms with Crippen molar-refractivity contribution in [2.45, 2.75) is 32.4 Å². The molecule has 0 heterocycles. The zero-order valence-corrected chi connectivity index (χ0v) is 6.16. The molecule has 0 amide bonds. The van der Waals surface area contributed by atoms with E-state index in [4.69, 9.17) is 0 Å². The Morgan fingerprint density at radius 1 is 1.22 bits per heavy atom. The molecule has 0 saturated carbocycles. The third-order valence-electron chi connectivity index (χ3n) is 0.485. The summed E-state index contributed by atoms with van der Waals surface area (Å²) in [5, 5.41) is 0. The van der Waals surface area contributed by atoms with Gasteiger partial charge in [0.1, 0.15) is 0 Å². The maximum Gasteiger partial charge on any atom is 0.304 e. The zero-order chi connectivity index (χ0) is 7.71. The van der Waals surface area contributed by atoms with Crippen LogP contribution in [0.2, 0.25) is 0 Å². The maximum absolute atomic E-state index is 12.0. The quantitative estimate of drug-likeness (QED) is 0.488. The van der Waals surface area contributed by atoms with Crippen molar-refractivity contribution in [3.63, 3.8) is 0 Å². The van der Waals surface area contributed by atoms with Crippen molar-refractivity contribution < 1.29 is 13.5 Å². The topological polar surface area (TPSA) is 9.23 Å². The van der Waals surface area contributed by atoms with E-state index in [1.165, 1.54) is 0 Å². The summed E-state index contributed by atoms with van der Waals surface area (Å²) in [6, 6.07) is -3.02. The largest absolute Gasteiger partial charge is 0.323 e. The summed E-state index contributed by atoms with van der Waals surface area (Å²) in [6.07, 6.45) is 0. The molecular formula is C5H11BF2O. The average Bonchev–Trinajstić information content (AvgIpc) is 1.14. The molecule has 0 spiro atoms. The van der Waals surface area contributed by atoms with Crippen molar-refractivity contribution in [2.24, 2.45) is 0 Å². The van der Waals surface area contributed by atoms with Gasteiger partial charge in [-0.05, 0) is 20.8 Å². The second kappa shape index (κ2) is 2.25. The fraction of sp³-hybridized carbons (Fsp3) is 1.00. The Labute approximate surface area is 54.8 Å². The van der Waals surface area contributed by atoms with E-state index in [1.807, 2.05) is 0 Å². The molecule has 0 radical (unpaired) electrons. The molecule has 0 fully saturated rings. The summed E-state index contributed by atoms with van der Waals surface area (Å²) in [5.74, 6) is 0. The number of rotatable bonds is 1. The van der Waals surface area contributed by atoms with Crippen molar-refractivity contribution in [1.82, 2.24) is 0 Å². The monoisotopic (exact) mass is 136 g/mol. The van der Waals surface area contributed by atoms with Crippen LogP contribution in [0.1, 0.15) is 20.8 Å². The van der Waals surface area contributed by atoms with Crippen LogP contribution in [0.4, 0.5) is 8.78 Å². The van der Waals surface area contributed by atoms with Gasteiger partial charge in [-0.3, -0.25) is 0 Å². The number of hydrogen-bond donors (Lipinski definition) is 0. The van der Waals surface area contributed by atoms with E-state index in [9.17, 15) is 8.78 Å². The Hall–Kier alpha value is -0.115. The van der Waals surface area contributed by atoms with Crippen LogP contribution in [-0.4, -0.2) is 19.5 Å². The minimum Gasteiger partial charge on any atom is -0.323 e. The van der Waals surface area contributed by atoms with Crippen LogP contribution in [0.5, 0.6) is 0 Å². The van der Waals surface area contributed by atoms with Crippen LogP contribution in [0, 0.1) is 0 Å². The van der Waals surface area contributed by atoms with Gasteiger partial charge < -0.3 is 4.74 Å². The first kappa shape index (κ1) is 8.88. The zero-order valence-electron chi connectivity index (χ0n) is 6.16. The van der Waals surface area contributed by atoms with Gasteiger partial charge in [0.05, 0.1) is 5.60 Å². The minimum atomic E-state index is -3.02. The van der Waals surface area contributed by atoms with Crippen molar-refractivity contribution in [2.75, 3.05) is 0 Å². The summed E-state index contributed by atoms with van der Waals surface area (Å²) in [7, 11) is 0.734. The summed E-state index contributed by atoms with van der Waals surface area (Å²) in [6.45, 7) is 4.76. The molecule has 0 aliphatic rings. The van der Waals surface area contributed by atoms with Crippen molar-refractivity contribution >= 4 is 7.85 Å². The Kier molecular flexibility index (Phi) is 2.22. The molecule has 0 aromatic rings. The van der Waals surface area contributed by atoms with Crippen LogP contribution < -0.4 is 0 Å². The van der Waals surface area contributed by atoms with Crippen LogP contribution in [0.15, 0.2) is 0 Å². The molecule has 0 N–H and O–H groups in total. The summed E-state index contributed by atoms with van der Waals surface area (Å²) in [4.78, 5) is 0. The average molecular weight is 136 g/mol. The summed E-state index contributed by atoms with van der Waals surface area (Å²) in [5.41, 5.74) is -0.766. The first-order chi connectivity index (χ1) is 3.71. The molecule has 0 aliphatic heterocycles. The summed E-state index contributed by atoms with van der Waals surface area (Å²) < 4.78 is 28.3. The molecule has 0 aliphatic carbocycles. The molecule has 1 nitrogen and oxygen atoms in total. The minimum absolute atomic E-state index is 0.734. The van der Waals surface area contributed by atoms with Crippen LogP contribution in [0.25, 0.3) is 0 Å². The second-order valence-corrected chi connectivity index (χ2v) is 3.02. The Balaban J connectivity index is 3.75. The van der Waals surface area contributed by atoms with E-state index >= 15 is 0 Å². The Bertz CT molecular complexity index is 80.1. The van der Waals surface area contributed by atoms with Gasteiger partial charge in [0.2, 0.25) is 7.85 Å². The van der Waals surface area contributed by atoms with Gasteiger partial charge in [0.15, 0.2) is 0 Å². The lowest BCUT2D eigenvalue weighted by atomic mass is 10.1. The smallest absolute Gasteiger partial charge is 0.304 e. The van der Waals surface area contributed by atoms with Gasteiger partial charge in [-0.15, -0.1) is 0 Å². The molecule has 0 atom stereocenters. The van der Waals surface area contributed by atoms with Gasteiger partial charge >= 0.3 is 6.01 Å². The number of hydrogen-bond acceptors (Lipinski definition) is 1. The van der Waals surface area contributed by atoms with Crippen molar-refractivity contribution in [3.8, 4) is 0 Å². The number of alkyl halides is 2. The number of halogens is 2. The van der Waals surface area contributed by atoms with E-state index in [-0.39, 0.29) is 0 Å². The number of ether oxygens (including phenoxy) is 1. The molecule has 54 valence electrons. The fourth-order valence-electron chi connectivity index (χ4n) is 0.538. The predicted molar refractivity (Wildman–Crippen MR) is 34.3 cm³/mol. The molecule has 0 aromatic heterocycles. The van der Waals surface area contributed by atoms with Gasteiger partial charge in [-0.1, -0.05) is 0 Å². The molecule has 0 aromatic carbocycles. The molecular weight excluding hydrogens is 125 g/mol. The molecule has 0 bridgehead atoms. The van der Waals surface area contributed by atoms with Crippen LogP contribution in [0.3, 0.4) is 0 Å². The highest BCUT2D eigenvalue weighted by molar-refractivity contribution is 6.12. The lowest BCUT2D eigenvalue weighted by molar-refractivity contribution is -0.225. The van der Waals surface area contributed by atoms with Gasteiger partial charge in [0.25, 0.3) is 0 Å². The van der Waals surface area contributed by atoms with Gasteiger partial charge in [-0.25, -0.2) is 0 Å². The first-order valence-corrected chi connectivity index (χ1v) is 2.79. The predicted octanol–water partition coefficient (Wildman–Crippen LogP) is 0.985. The van der Waals surface area contributed by atoms with E-state index in [0.29, 0.717) is 0 Å².